The van der Waals surface area contributed by atoms with Gasteiger partial charge in [-0.2, -0.15) is 0 Å². The molecule has 0 aromatic heterocycles. The monoisotopic (exact) mass is 242 g/mol. The number of hydrogen-bond donors (Lipinski definition) is 2. The zero-order valence-electron chi connectivity index (χ0n) is 11.8. The summed E-state index contributed by atoms with van der Waals surface area (Å²) in [7, 11) is 0. The Bertz CT molecular complexity index is 200. The molecular weight excluding hydrogens is 212 g/mol. The van der Waals surface area contributed by atoms with Gasteiger partial charge in [-0.1, -0.05) is 38.8 Å². The SMILES string of the molecule is C=C(C)COCCNC(CC)(CN)CCCC. The highest BCUT2D eigenvalue weighted by molar-refractivity contribution is 4.89. The summed E-state index contributed by atoms with van der Waals surface area (Å²) >= 11 is 0. The van der Waals surface area contributed by atoms with Crippen molar-refractivity contribution < 1.29 is 4.74 Å². The topological polar surface area (TPSA) is 47.3 Å². The van der Waals surface area contributed by atoms with Gasteiger partial charge >= 0.3 is 0 Å². The van der Waals surface area contributed by atoms with Gasteiger partial charge in [0, 0.05) is 18.6 Å². The third-order valence-corrected chi connectivity index (χ3v) is 3.17. The predicted molar refractivity (Wildman–Crippen MR) is 75.2 cm³/mol. The first kappa shape index (κ1) is 16.6. The summed E-state index contributed by atoms with van der Waals surface area (Å²) < 4.78 is 5.48. The molecular formula is C14H30N2O. The zero-order chi connectivity index (χ0) is 13.1. The van der Waals surface area contributed by atoms with Gasteiger partial charge < -0.3 is 15.8 Å². The van der Waals surface area contributed by atoms with Gasteiger partial charge in [0.2, 0.25) is 0 Å². The molecule has 0 aliphatic heterocycles. The summed E-state index contributed by atoms with van der Waals surface area (Å²) in [5, 5.41) is 3.56. The zero-order valence-corrected chi connectivity index (χ0v) is 11.8. The Balaban J connectivity index is 3.87. The van der Waals surface area contributed by atoms with Gasteiger partial charge in [0.1, 0.15) is 0 Å². The van der Waals surface area contributed by atoms with Crippen molar-refractivity contribution in [3.8, 4) is 0 Å². The predicted octanol–water partition coefficient (Wildman–Crippen LogP) is 2.47. The van der Waals surface area contributed by atoms with Crippen LogP contribution in [0, 0.1) is 0 Å². The smallest absolute Gasteiger partial charge is 0.0672 e. The van der Waals surface area contributed by atoms with Crippen molar-refractivity contribution in [3.05, 3.63) is 12.2 Å². The van der Waals surface area contributed by atoms with E-state index in [0.29, 0.717) is 13.2 Å². The highest BCUT2D eigenvalue weighted by atomic mass is 16.5. The number of unbranched alkanes of at least 4 members (excludes halogenated alkanes) is 1. The van der Waals surface area contributed by atoms with Crippen LogP contribution in [0.3, 0.4) is 0 Å². The summed E-state index contributed by atoms with van der Waals surface area (Å²) in [6.07, 6.45) is 4.67. The molecule has 0 aliphatic rings. The van der Waals surface area contributed by atoms with Gasteiger partial charge in [-0.3, -0.25) is 0 Å². The standard InChI is InChI=1S/C14H30N2O/c1-5-7-8-14(6-2,12-15)16-9-10-17-11-13(3)4/h16H,3,5-12,15H2,1-2,4H3. The van der Waals surface area contributed by atoms with E-state index in [-0.39, 0.29) is 5.54 Å². The second kappa shape index (κ2) is 9.63. The molecule has 3 nitrogen and oxygen atoms in total. The van der Waals surface area contributed by atoms with Crippen LogP contribution in [0.15, 0.2) is 12.2 Å². The second-order valence-corrected chi connectivity index (χ2v) is 4.88. The van der Waals surface area contributed by atoms with Crippen molar-refractivity contribution in [1.29, 1.82) is 0 Å². The fraction of sp³-hybridized carbons (Fsp3) is 0.857. The Hall–Kier alpha value is -0.380. The Morgan fingerprint density at radius 1 is 1.41 bits per heavy atom. The first-order valence-corrected chi connectivity index (χ1v) is 6.77. The Labute approximate surface area is 107 Å². The molecule has 0 radical (unpaired) electrons. The van der Waals surface area contributed by atoms with Crippen molar-refractivity contribution in [2.75, 3.05) is 26.3 Å². The normalized spacial score (nSPS) is 14.6. The van der Waals surface area contributed by atoms with Gasteiger partial charge in [0.25, 0.3) is 0 Å². The minimum atomic E-state index is 0.0998. The van der Waals surface area contributed by atoms with E-state index >= 15 is 0 Å². The van der Waals surface area contributed by atoms with Crippen molar-refractivity contribution in [2.24, 2.45) is 5.73 Å². The second-order valence-electron chi connectivity index (χ2n) is 4.88. The molecule has 0 fully saturated rings. The van der Waals surface area contributed by atoms with Crippen LogP contribution < -0.4 is 11.1 Å². The van der Waals surface area contributed by atoms with E-state index in [0.717, 1.165) is 31.6 Å². The Morgan fingerprint density at radius 2 is 2.12 bits per heavy atom. The number of nitrogens with one attached hydrogen (secondary N) is 1. The maximum absolute atomic E-state index is 5.90. The van der Waals surface area contributed by atoms with Gasteiger partial charge in [-0.05, 0) is 19.8 Å². The molecule has 3 heteroatoms. The van der Waals surface area contributed by atoms with Crippen LogP contribution in [0.5, 0.6) is 0 Å². The minimum absolute atomic E-state index is 0.0998. The number of nitrogens with two attached hydrogens (primary N) is 1. The molecule has 1 unspecified atom stereocenters. The summed E-state index contributed by atoms with van der Waals surface area (Å²) in [6, 6.07) is 0. The fourth-order valence-corrected chi connectivity index (χ4v) is 1.86. The molecule has 0 aliphatic carbocycles. The molecule has 17 heavy (non-hydrogen) atoms. The molecule has 0 aromatic carbocycles. The van der Waals surface area contributed by atoms with Crippen LogP contribution in [-0.2, 0) is 4.74 Å². The fourth-order valence-electron chi connectivity index (χ4n) is 1.86. The van der Waals surface area contributed by atoms with Crippen molar-refractivity contribution >= 4 is 0 Å². The molecule has 0 aromatic rings. The van der Waals surface area contributed by atoms with Crippen molar-refractivity contribution in [2.45, 2.75) is 52.0 Å². The van der Waals surface area contributed by atoms with Gasteiger partial charge in [-0.25, -0.2) is 0 Å². The quantitative estimate of drug-likeness (QED) is 0.432. The summed E-state index contributed by atoms with van der Waals surface area (Å²) in [4.78, 5) is 0. The lowest BCUT2D eigenvalue weighted by atomic mass is 9.90. The number of ether oxygens (including phenoxy) is 1. The first-order valence-electron chi connectivity index (χ1n) is 6.77. The molecule has 0 amide bonds. The molecule has 0 spiro atoms. The molecule has 0 heterocycles. The van der Waals surface area contributed by atoms with Crippen LogP contribution in [0.1, 0.15) is 46.5 Å². The van der Waals surface area contributed by atoms with E-state index in [1.54, 1.807) is 0 Å². The van der Waals surface area contributed by atoms with Crippen molar-refractivity contribution in [1.82, 2.24) is 5.32 Å². The largest absolute Gasteiger partial charge is 0.376 e. The average molecular weight is 242 g/mol. The average Bonchev–Trinajstić information content (AvgIpc) is 2.33. The van der Waals surface area contributed by atoms with E-state index in [1.807, 2.05) is 6.92 Å². The number of hydrogen-bond acceptors (Lipinski definition) is 3. The minimum Gasteiger partial charge on any atom is -0.376 e. The Morgan fingerprint density at radius 3 is 2.59 bits per heavy atom. The van der Waals surface area contributed by atoms with Gasteiger partial charge in [0.15, 0.2) is 0 Å². The number of rotatable bonds is 11. The summed E-state index contributed by atoms with van der Waals surface area (Å²) in [5.41, 5.74) is 7.07. The van der Waals surface area contributed by atoms with E-state index in [2.05, 4.69) is 25.7 Å². The van der Waals surface area contributed by atoms with Crippen LogP contribution in [0.25, 0.3) is 0 Å². The lowest BCUT2D eigenvalue weighted by Crippen LogP contribution is -2.51. The van der Waals surface area contributed by atoms with E-state index in [1.165, 1.54) is 12.8 Å². The van der Waals surface area contributed by atoms with Crippen molar-refractivity contribution in [3.63, 3.8) is 0 Å². The molecule has 0 saturated heterocycles. The van der Waals surface area contributed by atoms with E-state index in [4.69, 9.17) is 10.5 Å². The van der Waals surface area contributed by atoms with E-state index in [9.17, 15) is 0 Å². The van der Waals surface area contributed by atoms with Crippen LogP contribution in [0.2, 0.25) is 0 Å². The Kier molecular flexibility index (Phi) is 9.41. The van der Waals surface area contributed by atoms with Crippen LogP contribution in [-0.4, -0.2) is 31.8 Å². The summed E-state index contributed by atoms with van der Waals surface area (Å²) in [6.45, 7) is 13.1. The van der Waals surface area contributed by atoms with Gasteiger partial charge in [0.05, 0.1) is 13.2 Å². The summed E-state index contributed by atoms with van der Waals surface area (Å²) in [5.74, 6) is 0. The van der Waals surface area contributed by atoms with Crippen LogP contribution in [0.4, 0.5) is 0 Å². The third-order valence-electron chi connectivity index (χ3n) is 3.17. The highest BCUT2D eigenvalue weighted by Crippen LogP contribution is 2.17. The molecule has 1 atom stereocenters. The molecule has 0 bridgehead atoms. The van der Waals surface area contributed by atoms with Gasteiger partial charge in [-0.15, -0.1) is 0 Å². The molecule has 102 valence electrons. The lowest BCUT2D eigenvalue weighted by molar-refractivity contribution is 0.145. The third kappa shape index (κ3) is 7.53. The van der Waals surface area contributed by atoms with Crippen LogP contribution >= 0.6 is 0 Å². The lowest BCUT2D eigenvalue weighted by Gasteiger charge is -2.33. The first-order chi connectivity index (χ1) is 8.10. The molecule has 0 saturated carbocycles. The maximum Gasteiger partial charge on any atom is 0.0672 e. The highest BCUT2D eigenvalue weighted by Gasteiger charge is 2.24. The molecule has 0 rings (SSSR count). The maximum atomic E-state index is 5.90. The van der Waals surface area contributed by atoms with E-state index < -0.39 is 0 Å². The molecule has 3 N–H and O–H groups in total.